The summed E-state index contributed by atoms with van der Waals surface area (Å²) in [6.45, 7) is 2.30. The summed E-state index contributed by atoms with van der Waals surface area (Å²) in [4.78, 5) is 15.1. The molecule has 1 saturated heterocycles. The standard InChI is InChI=1S/C22H29N3O3S2/c26-22(16-24(20-7-8-20)15-18-11-14-29-17-18)23-19-5-9-21(10-6-19)30(27,28)25-12-3-1-2-4-13-25/h5-6,9-11,14,17,20H,1-4,7-8,12-13,15-16H2,(H,23,26). The first-order valence-corrected chi connectivity index (χ1v) is 13.1. The van der Waals surface area contributed by atoms with E-state index in [1.54, 1.807) is 39.9 Å². The van der Waals surface area contributed by atoms with Crippen molar-refractivity contribution in [2.45, 2.75) is 56.0 Å². The molecule has 162 valence electrons. The van der Waals surface area contributed by atoms with Crippen LogP contribution in [-0.2, 0) is 21.4 Å². The van der Waals surface area contributed by atoms with Crippen LogP contribution in [0.3, 0.4) is 0 Å². The van der Waals surface area contributed by atoms with E-state index in [0.717, 1.165) is 45.1 Å². The number of carbonyl (C=O) groups excluding carboxylic acids is 1. The number of carbonyl (C=O) groups is 1. The van der Waals surface area contributed by atoms with Crippen LogP contribution in [0.15, 0.2) is 46.0 Å². The topological polar surface area (TPSA) is 69.7 Å². The summed E-state index contributed by atoms with van der Waals surface area (Å²) in [5.74, 6) is -0.0692. The second kappa shape index (κ2) is 9.60. The van der Waals surface area contributed by atoms with Crippen LogP contribution < -0.4 is 5.32 Å². The van der Waals surface area contributed by atoms with Gasteiger partial charge in [-0.25, -0.2) is 8.42 Å². The third-order valence-corrected chi connectivity index (χ3v) is 8.36. The molecule has 2 aliphatic rings. The van der Waals surface area contributed by atoms with Gasteiger partial charge in [-0.1, -0.05) is 12.8 Å². The Morgan fingerprint density at radius 1 is 1.07 bits per heavy atom. The lowest BCUT2D eigenvalue weighted by atomic mass is 10.2. The van der Waals surface area contributed by atoms with Crippen LogP contribution in [0.4, 0.5) is 5.69 Å². The fourth-order valence-electron chi connectivity index (χ4n) is 3.90. The van der Waals surface area contributed by atoms with Crippen molar-refractivity contribution in [3.05, 3.63) is 46.7 Å². The highest BCUT2D eigenvalue weighted by Crippen LogP contribution is 2.28. The van der Waals surface area contributed by atoms with E-state index in [9.17, 15) is 13.2 Å². The fourth-order valence-corrected chi connectivity index (χ4v) is 6.07. The van der Waals surface area contributed by atoms with Gasteiger partial charge in [0.1, 0.15) is 0 Å². The maximum atomic E-state index is 12.9. The van der Waals surface area contributed by atoms with Gasteiger partial charge in [0, 0.05) is 31.4 Å². The molecular formula is C22H29N3O3S2. The molecule has 1 aromatic carbocycles. The molecule has 1 aliphatic carbocycles. The fraction of sp³-hybridized carbons (Fsp3) is 0.500. The number of anilines is 1. The van der Waals surface area contributed by atoms with Crippen molar-refractivity contribution in [2.75, 3.05) is 25.0 Å². The van der Waals surface area contributed by atoms with Crippen LogP contribution in [0.25, 0.3) is 0 Å². The molecule has 2 aromatic rings. The average Bonchev–Trinajstić information content (AvgIpc) is 3.51. The largest absolute Gasteiger partial charge is 0.325 e. The molecule has 1 N–H and O–H groups in total. The van der Waals surface area contributed by atoms with Gasteiger partial charge in [-0.05, 0) is 72.3 Å². The normalized spacial score (nSPS) is 18.3. The molecule has 1 aliphatic heterocycles. The van der Waals surface area contributed by atoms with Gasteiger partial charge in [0.15, 0.2) is 0 Å². The number of rotatable bonds is 8. The first kappa shape index (κ1) is 21.5. The van der Waals surface area contributed by atoms with Gasteiger partial charge >= 0.3 is 0 Å². The van der Waals surface area contributed by atoms with Gasteiger partial charge in [0.25, 0.3) is 0 Å². The second-order valence-corrected chi connectivity index (χ2v) is 10.9. The van der Waals surface area contributed by atoms with Gasteiger partial charge in [-0.3, -0.25) is 9.69 Å². The highest BCUT2D eigenvalue weighted by Gasteiger charge is 2.30. The van der Waals surface area contributed by atoms with Gasteiger partial charge < -0.3 is 5.32 Å². The Morgan fingerprint density at radius 2 is 1.77 bits per heavy atom. The summed E-state index contributed by atoms with van der Waals surface area (Å²) in [6, 6.07) is 9.14. The lowest BCUT2D eigenvalue weighted by Crippen LogP contribution is -2.34. The summed E-state index contributed by atoms with van der Waals surface area (Å²) in [6.07, 6.45) is 6.27. The number of amides is 1. The molecule has 0 bridgehead atoms. The van der Waals surface area contributed by atoms with E-state index in [0.29, 0.717) is 36.3 Å². The van der Waals surface area contributed by atoms with Gasteiger partial charge in [-0.2, -0.15) is 15.6 Å². The molecule has 1 aromatic heterocycles. The molecule has 4 rings (SSSR count). The number of hydrogen-bond donors (Lipinski definition) is 1. The van der Waals surface area contributed by atoms with E-state index < -0.39 is 10.0 Å². The Hall–Kier alpha value is -1.74. The number of thiophene rings is 1. The van der Waals surface area contributed by atoms with E-state index in [1.807, 2.05) is 0 Å². The Bertz CT molecular complexity index is 931. The van der Waals surface area contributed by atoms with Crippen LogP contribution in [0.5, 0.6) is 0 Å². The zero-order chi connectivity index (χ0) is 21.0. The van der Waals surface area contributed by atoms with Crippen LogP contribution >= 0.6 is 11.3 Å². The highest BCUT2D eigenvalue weighted by molar-refractivity contribution is 7.89. The summed E-state index contributed by atoms with van der Waals surface area (Å²) < 4.78 is 27.4. The maximum absolute atomic E-state index is 12.9. The first-order chi connectivity index (χ1) is 14.5. The number of sulfonamides is 1. The minimum Gasteiger partial charge on any atom is -0.325 e. The molecule has 30 heavy (non-hydrogen) atoms. The Balaban J connectivity index is 1.36. The van der Waals surface area contributed by atoms with E-state index in [2.05, 4.69) is 27.0 Å². The molecule has 1 saturated carbocycles. The average molecular weight is 448 g/mol. The van der Waals surface area contributed by atoms with Gasteiger partial charge in [-0.15, -0.1) is 0 Å². The highest BCUT2D eigenvalue weighted by atomic mass is 32.2. The van der Waals surface area contributed by atoms with E-state index in [-0.39, 0.29) is 5.91 Å². The van der Waals surface area contributed by atoms with E-state index in [4.69, 9.17) is 0 Å². The molecule has 1 amide bonds. The Kier molecular flexibility index (Phi) is 6.87. The molecule has 2 heterocycles. The molecule has 2 fully saturated rings. The van der Waals surface area contributed by atoms with Crippen molar-refractivity contribution in [3.63, 3.8) is 0 Å². The zero-order valence-electron chi connectivity index (χ0n) is 17.1. The summed E-state index contributed by atoms with van der Waals surface area (Å²) in [7, 11) is -3.47. The number of benzene rings is 1. The van der Waals surface area contributed by atoms with Crippen molar-refractivity contribution >= 4 is 33.0 Å². The number of hydrogen-bond acceptors (Lipinski definition) is 5. The molecule has 0 atom stereocenters. The molecule has 6 nitrogen and oxygen atoms in total. The molecule has 8 heteroatoms. The molecule has 0 unspecified atom stereocenters. The molecule has 0 spiro atoms. The quantitative estimate of drug-likeness (QED) is 0.666. The smallest absolute Gasteiger partial charge is 0.243 e. The third kappa shape index (κ3) is 5.49. The molecule has 0 radical (unpaired) electrons. The van der Waals surface area contributed by atoms with E-state index >= 15 is 0 Å². The minimum atomic E-state index is -3.47. The minimum absolute atomic E-state index is 0.0692. The van der Waals surface area contributed by atoms with Crippen LogP contribution in [0, 0.1) is 0 Å². The van der Waals surface area contributed by atoms with Crippen LogP contribution in [0.1, 0.15) is 44.1 Å². The predicted octanol–water partition coefficient (Wildman–Crippen LogP) is 3.92. The monoisotopic (exact) mass is 447 g/mol. The van der Waals surface area contributed by atoms with Crippen molar-refractivity contribution in [3.8, 4) is 0 Å². The third-order valence-electron chi connectivity index (χ3n) is 5.72. The van der Waals surface area contributed by atoms with Crippen molar-refractivity contribution in [2.24, 2.45) is 0 Å². The second-order valence-electron chi connectivity index (χ2n) is 8.16. The first-order valence-electron chi connectivity index (χ1n) is 10.7. The maximum Gasteiger partial charge on any atom is 0.243 e. The lowest BCUT2D eigenvalue weighted by molar-refractivity contribution is -0.117. The van der Waals surface area contributed by atoms with Gasteiger partial charge in [0.2, 0.25) is 15.9 Å². The van der Waals surface area contributed by atoms with E-state index in [1.165, 1.54) is 5.56 Å². The van der Waals surface area contributed by atoms with Crippen LogP contribution in [-0.4, -0.2) is 49.2 Å². The van der Waals surface area contributed by atoms with Gasteiger partial charge in [0.05, 0.1) is 11.4 Å². The SMILES string of the molecule is O=C(CN(Cc1ccsc1)C1CC1)Nc1ccc(S(=O)(=O)N2CCCCCC2)cc1. The summed E-state index contributed by atoms with van der Waals surface area (Å²) >= 11 is 1.67. The summed E-state index contributed by atoms with van der Waals surface area (Å²) in [5, 5.41) is 7.10. The van der Waals surface area contributed by atoms with Crippen molar-refractivity contribution < 1.29 is 13.2 Å². The Labute approximate surface area is 182 Å². The van der Waals surface area contributed by atoms with Crippen LogP contribution in [0.2, 0.25) is 0 Å². The molecular weight excluding hydrogens is 418 g/mol. The number of nitrogens with zero attached hydrogens (tertiary/aromatic N) is 2. The van der Waals surface area contributed by atoms with Crippen molar-refractivity contribution in [1.82, 2.24) is 9.21 Å². The van der Waals surface area contributed by atoms with Crippen molar-refractivity contribution in [1.29, 1.82) is 0 Å². The zero-order valence-corrected chi connectivity index (χ0v) is 18.8. The number of nitrogens with one attached hydrogen (secondary N) is 1. The Morgan fingerprint density at radius 3 is 2.37 bits per heavy atom. The predicted molar refractivity (Wildman–Crippen MR) is 120 cm³/mol. The lowest BCUT2D eigenvalue weighted by Gasteiger charge is -2.21. The summed E-state index contributed by atoms with van der Waals surface area (Å²) in [5.41, 5.74) is 1.86.